The highest BCUT2D eigenvalue weighted by Crippen LogP contribution is 2.27. The number of carbonyl (C=O) groups is 1. The topological polar surface area (TPSA) is 47.6 Å². The molecule has 1 unspecified atom stereocenters. The molecule has 2 aromatic carbocycles. The van der Waals surface area contributed by atoms with Crippen molar-refractivity contribution in [2.24, 2.45) is 0 Å². The van der Waals surface area contributed by atoms with Crippen molar-refractivity contribution in [3.8, 4) is 11.5 Å². The predicted octanol–water partition coefficient (Wildman–Crippen LogP) is 4.37. The van der Waals surface area contributed by atoms with E-state index in [0.717, 1.165) is 16.9 Å². The van der Waals surface area contributed by atoms with Gasteiger partial charge in [0.25, 0.3) is 5.91 Å². The molecule has 1 amide bonds. The van der Waals surface area contributed by atoms with Crippen LogP contribution in [0.4, 0.5) is 5.69 Å². The number of hydrogen-bond donors (Lipinski definition) is 1. The molecular formula is C18H20ClNO3. The standard InChI is InChI=1S/C18H20ClNO3/c1-11-9-12(2)17(16(19)10-11)20-18(21)13(3)23-15-7-5-14(22-4)6-8-15/h5-10,13H,1-4H3,(H,20,21). The zero-order valence-electron chi connectivity index (χ0n) is 13.6. The maximum absolute atomic E-state index is 12.3. The first-order valence-corrected chi connectivity index (χ1v) is 7.67. The van der Waals surface area contributed by atoms with Gasteiger partial charge in [-0.2, -0.15) is 0 Å². The van der Waals surface area contributed by atoms with Crippen LogP contribution in [-0.2, 0) is 4.79 Å². The average molecular weight is 334 g/mol. The summed E-state index contributed by atoms with van der Waals surface area (Å²) in [6, 6.07) is 10.9. The smallest absolute Gasteiger partial charge is 0.265 e. The van der Waals surface area contributed by atoms with Crippen LogP contribution >= 0.6 is 11.6 Å². The molecule has 0 saturated carbocycles. The van der Waals surface area contributed by atoms with E-state index in [-0.39, 0.29) is 5.91 Å². The van der Waals surface area contributed by atoms with E-state index < -0.39 is 6.10 Å². The van der Waals surface area contributed by atoms with Gasteiger partial charge in [0, 0.05) is 0 Å². The Labute approximate surface area is 141 Å². The first-order valence-electron chi connectivity index (χ1n) is 7.29. The molecule has 0 aliphatic carbocycles. The van der Waals surface area contributed by atoms with E-state index in [9.17, 15) is 4.79 Å². The maximum atomic E-state index is 12.3. The summed E-state index contributed by atoms with van der Waals surface area (Å²) in [6.45, 7) is 5.56. The minimum Gasteiger partial charge on any atom is -0.497 e. The van der Waals surface area contributed by atoms with Crippen LogP contribution in [0.1, 0.15) is 18.1 Å². The second-order valence-corrected chi connectivity index (χ2v) is 5.77. The van der Waals surface area contributed by atoms with Crippen molar-refractivity contribution in [2.75, 3.05) is 12.4 Å². The van der Waals surface area contributed by atoms with E-state index >= 15 is 0 Å². The lowest BCUT2D eigenvalue weighted by molar-refractivity contribution is -0.122. The fourth-order valence-corrected chi connectivity index (χ4v) is 2.58. The Morgan fingerprint density at radius 3 is 2.30 bits per heavy atom. The highest BCUT2D eigenvalue weighted by Gasteiger charge is 2.17. The lowest BCUT2D eigenvalue weighted by atomic mass is 10.1. The number of aryl methyl sites for hydroxylation is 2. The molecule has 0 aliphatic rings. The minimum absolute atomic E-state index is 0.255. The number of halogens is 1. The first-order chi connectivity index (χ1) is 10.9. The highest BCUT2D eigenvalue weighted by molar-refractivity contribution is 6.34. The maximum Gasteiger partial charge on any atom is 0.265 e. The Balaban J connectivity index is 2.05. The molecule has 0 saturated heterocycles. The molecule has 1 N–H and O–H groups in total. The zero-order chi connectivity index (χ0) is 17.0. The summed E-state index contributed by atoms with van der Waals surface area (Å²) >= 11 is 6.21. The summed E-state index contributed by atoms with van der Waals surface area (Å²) < 4.78 is 10.7. The van der Waals surface area contributed by atoms with E-state index in [4.69, 9.17) is 21.1 Å². The van der Waals surface area contributed by atoms with Gasteiger partial charge in [-0.05, 0) is 62.2 Å². The number of anilines is 1. The summed E-state index contributed by atoms with van der Waals surface area (Å²) in [5.41, 5.74) is 2.58. The molecule has 0 bridgehead atoms. The van der Waals surface area contributed by atoms with Crippen molar-refractivity contribution in [2.45, 2.75) is 26.9 Å². The van der Waals surface area contributed by atoms with Crippen LogP contribution in [0.3, 0.4) is 0 Å². The number of rotatable bonds is 5. The molecule has 0 aromatic heterocycles. The molecule has 5 heteroatoms. The summed E-state index contributed by atoms with van der Waals surface area (Å²) in [5, 5.41) is 3.35. The summed E-state index contributed by atoms with van der Waals surface area (Å²) in [4.78, 5) is 12.3. The van der Waals surface area contributed by atoms with Crippen molar-refractivity contribution < 1.29 is 14.3 Å². The Kier molecular flexibility index (Phi) is 5.50. The van der Waals surface area contributed by atoms with Gasteiger partial charge in [0.1, 0.15) is 11.5 Å². The van der Waals surface area contributed by atoms with Crippen molar-refractivity contribution in [3.63, 3.8) is 0 Å². The minimum atomic E-state index is -0.653. The molecule has 4 nitrogen and oxygen atoms in total. The molecule has 122 valence electrons. The van der Waals surface area contributed by atoms with Gasteiger partial charge >= 0.3 is 0 Å². The van der Waals surface area contributed by atoms with Crippen molar-refractivity contribution in [1.29, 1.82) is 0 Å². The predicted molar refractivity (Wildman–Crippen MR) is 92.6 cm³/mol. The third-order valence-electron chi connectivity index (χ3n) is 3.42. The van der Waals surface area contributed by atoms with Crippen LogP contribution in [0.5, 0.6) is 11.5 Å². The number of carbonyl (C=O) groups excluding carboxylic acids is 1. The van der Waals surface area contributed by atoms with E-state index in [2.05, 4.69) is 5.32 Å². The van der Waals surface area contributed by atoms with Crippen molar-refractivity contribution in [1.82, 2.24) is 0 Å². The second kappa shape index (κ2) is 7.38. The lowest BCUT2D eigenvalue weighted by Gasteiger charge is -2.17. The van der Waals surface area contributed by atoms with Crippen LogP contribution in [0.2, 0.25) is 5.02 Å². The number of methoxy groups -OCH3 is 1. The van der Waals surface area contributed by atoms with E-state index in [1.165, 1.54) is 0 Å². The summed E-state index contributed by atoms with van der Waals surface area (Å²) in [5.74, 6) is 1.08. The third kappa shape index (κ3) is 4.39. The number of ether oxygens (including phenoxy) is 2. The van der Waals surface area contributed by atoms with Crippen molar-refractivity contribution in [3.05, 3.63) is 52.5 Å². The third-order valence-corrected chi connectivity index (χ3v) is 3.72. The van der Waals surface area contributed by atoms with E-state index in [1.54, 1.807) is 38.3 Å². The van der Waals surface area contributed by atoms with Crippen LogP contribution in [0.15, 0.2) is 36.4 Å². The van der Waals surface area contributed by atoms with Gasteiger partial charge in [0.2, 0.25) is 0 Å². The van der Waals surface area contributed by atoms with Gasteiger partial charge in [-0.15, -0.1) is 0 Å². The Morgan fingerprint density at radius 2 is 1.74 bits per heavy atom. The number of nitrogens with one attached hydrogen (secondary N) is 1. The molecule has 2 aromatic rings. The Morgan fingerprint density at radius 1 is 1.13 bits per heavy atom. The van der Waals surface area contributed by atoms with E-state index in [1.807, 2.05) is 26.0 Å². The number of hydrogen-bond acceptors (Lipinski definition) is 3. The van der Waals surface area contributed by atoms with Crippen molar-refractivity contribution >= 4 is 23.2 Å². The summed E-state index contributed by atoms with van der Waals surface area (Å²) in [6.07, 6.45) is -0.653. The summed E-state index contributed by atoms with van der Waals surface area (Å²) in [7, 11) is 1.60. The molecular weight excluding hydrogens is 314 g/mol. The van der Waals surface area contributed by atoms with Gasteiger partial charge in [0.15, 0.2) is 6.10 Å². The van der Waals surface area contributed by atoms with Crippen LogP contribution in [0.25, 0.3) is 0 Å². The normalized spacial score (nSPS) is 11.7. The monoisotopic (exact) mass is 333 g/mol. The zero-order valence-corrected chi connectivity index (χ0v) is 14.4. The molecule has 0 heterocycles. The highest BCUT2D eigenvalue weighted by atomic mass is 35.5. The van der Waals surface area contributed by atoms with E-state index in [0.29, 0.717) is 16.5 Å². The quantitative estimate of drug-likeness (QED) is 0.883. The largest absolute Gasteiger partial charge is 0.497 e. The van der Waals surface area contributed by atoms with Gasteiger partial charge in [-0.1, -0.05) is 17.7 Å². The molecule has 0 spiro atoms. The SMILES string of the molecule is COc1ccc(OC(C)C(=O)Nc2c(C)cc(C)cc2Cl)cc1. The molecule has 1 atom stereocenters. The molecule has 0 aliphatic heterocycles. The molecule has 2 rings (SSSR count). The Bertz CT molecular complexity index is 675. The first kappa shape index (κ1) is 17.2. The molecule has 0 radical (unpaired) electrons. The van der Waals surface area contributed by atoms with Crippen LogP contribution in [-0.4, -0.2) is 19.1 Å². The fourth-order valence-electron chi connectivity index (χ4n) is 2.21. The molecule has 0 fully saturated rings. The lowest BCUT2D eigenvalue weighted by Crippen LogP contribution is -2.30. The van der Waals surface area contributed by atoms with Crippen LogP contribution in [0, 0.1) is 13.8 Å². The number of benzene rings is 2. The Hall–Kier alpha value is -2.20. The molecule has 23 heavy (non-hydrogen) atoms. The number of amides is 1. The second-order valence-electron chi connectivity index (χ2n) is 5.36. The van der Waals surface area contributed by atoms with Crippen LogP contribution < -0.4 is 14.8 Å². The van der Waals surface area contributed by atoms with Gasteiger partial charge in [-0.25, -0.2) is 0 Å². The van der Waals surface area contributed by atoms with Gasteiger partial charge in [0.05, 0.1) is 17.8 Å². The van der Waals surface area contributed by atoms with Gasteiger partial charge in [-0.3, -0.25) is 4.79 Å². The fraction of sp³-hybridized carbons (Fsp3) is 0.278. The van der Waals surface area contributed by atoms with Gasteiger partial charge < -0.3 is 14.8 Å². The average Bonchev–Trinajstić information content (AvgIpc) is 2.51.